The molecule has 1 aliphatic rings. The van der Waals surface area contributed by atoms with E-state index in [1.54, 1.807) is 12.1 Å². The molecule has 0 atom stereocenters. The minimum Gasteiger partial charge on any atom is -0.385 e. The maximum absolute atomic E-state index is 12.9. The van der Waals surface area contributed by atoms with Crippen LogP contribution in [-0.4, -0.2) is 30.4 Å². The van der Waals surface area contributed by atoms with E-state index < -0.39 is 0 Å². The number of nitrogens with one attached hydrogen (secondary N) is 1. The van der Waals surface area contributed by atoms with E-state index in [-0.39, 0.29) is 11.7 Å². The summed E-state index contributed by atoms with van der Waals surface area (Å²) in [6.07, 6.45) is 3.73. The smallest absolute Gasteiger partial charge is 0.224 e. The highest BCUT2D eigenvalue weighted by Crippen LogP contribution is 2.22. The van der Waals surface area contributed by atoms with Crippen LogP contribution in [0, 0.1) is 11.7 Å². The lowest BCUT2D eigenvalue weighted by Gasteiger charge is -2.32. The third kappa shape index (κ3) is 5.31. The Morgan fingerprint density at radius 2 is 1.72 bits per heavy atom. The number of anilines is 1. The fraction of sp³-hybridized carbons (Fsp3) is 0.381. The molecule has 2 aromatic carbocycles. The number of carbonyl (C=O) groups excluding carboxylic acids is 1. The molecule has 4 heteroatoms. The topological polar surface area (TPSA) is 32.3 Å². The Hall–Kier alpha value is -2.36. The largest absolute Gasteiger partial charge is 0.385 e. The molecule has 2 aromatic rings. The number of hydrogen-bond acceptors (Lipinski definition) is 2. The Balaban J connectivity index is 1.37. The first-order valence-corrected chi connectivity index (χ1v) is 9.02. The number of carbonyl (C=O) groups is 1. The van der Waals surface area contributed by atoms with E-state index in [2.05, 4.69) is 29.6 Å². The molecular formula is C21H25FN2O. The number of halogens is 1. The van der Waals surface area contributed by atoms with Crippen molar-refractivity contribution in [2.45, 2.75) is 25.7 Å². The van der Waals surface area contributed by atoms with Crippen molar-refractivity contribution in [2.75, 3.05) is 25.0 Å². The Morgan fingerprint density at radius 1 is 1.04 bits per heavy atom. The zero-order valence-electron chi connectivity index (χ0n) is 14.5. The first kappa shape index (κ1) is 17.5. The molecule has 0 aliphatic carbocycles. The summed E-state index contributed by atoms with van der Waals surface area (Å²) < 4.78 is 12.9. The lowest BCUT2D eigenvalue weighted by atomic mass is 9.90. The van der Waals surface area contributed by atoms with Crippen LogP contribution in [0.1, 0.15) is 24.8 Å². The average Bonchev–Trinajstić information content (AvgIpc) is 2.65. The van der Waals surface area contributed by atoms with Gasteiger partial charge in [-0.2, -0.15) is 0 Å². The summed E-state index contributed by atoms with van der Waals surface area (Å²) in [7, 11) is 0. The summed E-state index contributed by atoms with van der Waals surface area (Å²) in [6.45, 7) is 2.29. The summed E-state index contributed by atoms with van der Waals surface area (Å²) in [5.41, 5.74) is 2.23. The van der Waals surface area contributed by atoms with Gasteiger partial charge >= 0.3 is 0 Å². The standard InChI is InChI=1S/C21H25FN2O/c22-19-6-8-20(9-7-19)23-13-10-21(25)24-14-11-18(12-15-24)16-17-4-2-1-3-5-17/h1-9,18,23H,10-16H2. The van der Waals surface area contributed by atoms with Gasteiger partial charge in [-0.3, -0.25) is 4.79 Å². The van der Waals surface area contributed by atoms with E-state index in [1.165, 1.54) is 17.7 Å². The van der Waals surface area contributed by atoms with Crippen molar-refractivity contribution in [1.29, 1.82) is 0 Å². The van der Waals surface area contributed by atoms with Crippen molar-refractivity contribution in [3.8, 4) is 0 Å². The van der Waals surface area contributed by atoms with Crippen molar-refractivity contribution in [3.63, 3.8) is 0 Å². The highest BCUT2D eigenvalue weighted by Gasteiger charge is 2.22. The molecule has 1 N–H and O–H groups in total. The lowest BCUT2D eigenvalue weighted by Crippen LogP contribution is -2.39. The molecule has 1 saturated heterocycles. The van der Waals surface area contributed by atoms with E-state index in [4.69, 9.17) is 0 Å². The van der Waals surface area contributed by atoms with Gasteiger partial charge in [0.1, 0.15) is 5.82 Å². The van der Waals surface area contributed by atoms with Crippen molar-refractivity contribution in [2.24, 2.45) is 5.92 Å². The Kier molecular flexibility index (Phi) is 6.04. The second kappa shape index (κ2) is 8.65. The summed E-state index contributed by atoms with van der Waals surface area (Å²) in [5.74, 6) is 0.622. The fourth-order valence-corrected chi connectivity index (χ4v) is 3.37. The van der Waals surface area contributed by atoms with Gasteiger partial charge in [0.15, 0.2) is 0 Å². The minimum atomic E-state index is -0.250. The normalized spacial score (nSPS) is 15.2. The van der Waals surface area contributed by atoms with Gasteiger partial charge < -0.3 is 10.2 Å². The van der Waals surface area contributed by atoms with Crippen LogP contribution in [0.25, 0.3) is 0 Å². The fourth-order valence-electron chi connectivity index (χ4n) is 3.37. The molecule has 3 rings (SSSR count). The zero-order valence-corrected chi connectivity index (χ0v) is 14.5. The molecule has 0 spiro atoms. The molecule has 25 heavy (non-hydrogen) atoms. The number of amides is 1. The Morgan fingerprint density at radius 3 is 2.40 bits per heavy atom. The highest BCUT2D eigenvalue weighted by molar-refractivity contribution is 5.76. The predicted molar refractivity (Wildman–Crippen MR) is 99.0 cm³/mol. The van der Waals surface area contributed by atoms with Crippen molar-refractivity contribution < 1.29 is 9.18 Å². The molecule has 3 nitrogen and oxygen atoms in total. The van der Waals surface area contributed by atoms with E-state index in [0.29, 0.717) is 18.9 Å². The van der Waals surface area contributed by atoms with Crippen LogP contribution >= 0.6 is 0 Å². The van der Waals surface area contributed by atoms with Gasteiger partial charge in [-0.25, -0.2) is 4.39 Å². The third-order valence-electron chi connectivity index (χ3n) is 4.85. The van der Waals surface area contributed by atoms with Crippen LogP contribution in [0.2, 0.25) is 0 Å². The van der Waals surface area contributed by atoms with E-state index >= 15 is 0 Å². The first-order chi connectivity index (χ1) is 12.2. The lowest BCUT2D eigenvalue weighted by molar-refractivity contribution is -0.132. The molecule has 0 radical (unpaired) electrons. The molecule has 1 amide bonds. The number of nitrogens with zero attached hydrogens (tertiary/aromatic N) is 1. The number of benzene rings is 2. The van der Waals surface area contributed by atoms with E-state index in [0.717, 1.165) is 38.0 Å². The molecule has 1 aliphatic heterocycles. The first-order valence-electron chi connectivity index (χ1n) is 9.02. The zero-order chi connectivity index (χ0) is 17.5. The predicted octanol–water partition coefficient (Wildman–Crippen LogP) is 4.11. The second-order valence-electron chi connectivity index (χ2n) is 6.70. The molecular weight excluding hydrogens is 315 g/mol. The van der Waals surface area contributed by atoms with Gasteiger partial charge in [0.25, 0.3) is 0 Å². The molecule has 1 fully saturated rings. The minimum absolute atomic E-state index is 0.202. The highest BCUT2D eigenvalue weighted by atomic mass is 19.1. The summed E-state index contributed by atoms with van der Waals surface area (Å²) in [4.78, 5) is 14.3. The number of rotatable bonds is 6. The van der Waals surface area contributed by atoms with Gasteiger partial charge in [-0.1, -0.05) is 30.3 Å². The Bertz CT molecular complexity index is 664. The van der Waals surface area contributed by atoms with Crippen LogP contribution in [0.5, 0.6) is 0 Å². The van der Waals surface area contributed by atoms with Crippen LogP contribution in [0.3, 0.4) is 0 Å². The van der Waals surface area contributed by atoms with Gasteiger partial charge in [0, 0.05) is 31.7 Å². The van der Waals surface area contributed by atoms with Gasteiger partial charge in [0.05, 0.1) is 0 Å². The monoisotopic (exact) mass is 340 g/mol. The number of hydrogen-bond donors (Lipinski definition) is 1. The van der Waals surface area contributed by atoms with Gasteiger partial charge in [-0.15, -0.1) is 0 Å². The van der Waals surface area contributed by atoms with E-state index in [1.807, 2.05) is 11.0 Å². The molecule has 1 heterocycles. The quantitative estimate of drug-likeness (QED) is 0.858. The second-order valence-corrected chi connectivity index (χ2v) is 6.70. The van der Waals surface area contributed by atoms with Gasteiger partial charge in [-0.05, 0) is 55.0 Å². The molecule has 0 bridgehead atoms. The number of likely N-dealkylation sites (tertiary alicyclic amines) is 1. The SMILES string of the molecule is O=C(CCNc1ccc(F)cc1)N1CCC(Cc2ccccc2)CC1. The van der Waals surface area contributed by atoms with Crippen LogP contribution < -0.4 is 5.32 Å². The molecule has 0 aromatic heterocycles. The summed E-state index contributed by atoms with van der Waals surface area (Å²) in [5, 5.41) is 3.17. The van der Waals surface area contributed by atoms with Crippen LogP contribution in [0.15, 0.2) is 54.6 Å². The number of piperidine rings is 1. The van der Waals surface area contributed by atoms with E-state index in [9.17, 15) is 9.18 Å². The third-order valence-corrected chi connectivity index (χ3v) is 4.85. The van der Waals surface area contributed by atoms with Crippen molar-refractivity contribution in [1.82, 2.24) is 4.90 Å². The van der Waals surface area contributed by atoms with Crippen LogP contribution in [0.4, 0.5) is 10.1 Å². The maximum atomic E-state index is 12.9. The molecule has 0 saturated carbocycles. The van der Waals surface area contributed by atoms with Crippen molar-refractivity contribution in [3.05, 3.63) is 66.0 Å². The molecule has 0 unspecified atom stereocenters. The van der Waals surface area contributed by atoms with Crippen molar-refractivity contribution >= 4 is 11.6 Å². The summed E-state index contributed by atoms with van der Waals surface area (Å²) in [6, 6.07) is 16.8. The molecule has 132 valence electrons. The summed E-state index contributed by atoms with van der Waals surface area (Å²) >= 11 is 0. The van der Waals surface area contributed by atoms with Crippen LogP contribution in [-0.2, 0) is 11.2 Å². The van der Waals surface area contributed by atoms with Gasteiger partial charge in [0.2, 0.25) is 5.91 Å². The maximum Gasteiger partial charge on any atom is 0.224 e. The average molecular weight is 340 g/mol. The Labute approximate surface area is 148 Å².